The van der Waals surface area contributed by atoms with E-state index in [-0.39, 0.29) is 78.7 Å². The first-order valence-corrected chi connectivity index (χ1v) is 30.1. The summed E-state index contributed by atoms with van der Waals surface area (Å²) in [5, 5.41) is 11.1. The van der Waals surface area contributed by atoms with Crippen LogP contribution in [-0.2, 0) is 36.8 Å². The van der Waals surface area contributed by atoms with Crippen molar-refractivity contribution in [3.05, 3.63) is 46.5 Å². The zero-order valence-corrected chi connectivity index (χ0v) is 51.5. The molecular formula is C64H103N5O10. The van der Waals surface area contributed by atoms with Gasteiger partial charge >= 0.3 is 0 Å². The third-order valence-electron chi connectivity index (χ3n) is 19.3. The Labute approximate surface area is 475 Å². The molecule has 2 saturated heterocycles. The Morgan fingerprint density at radius 3 is 1.91 bits per heavy atom. The van der Waals surface area contributed by atoms with Crippen molar-refractivity contribution in [2.24, 2.45) is 47.3 Å². The second kappa shape index (κ2) is 29.1. The van der Waals surface area contributed by atoms with Gasteiger partial charge in [-0.3, -0.25) is 33.9 Å². The molecule has 15 nitrogen and oxygen atoms in total. The standard InChI is InChI=1S/C64H103N5O10/c1-17-41(7)62(66(11)64(74)48(39(3)4)34-55(72)61(40(5)6)65(9)10)47(38-70)33-60(73)69-26-19-21-51(69)63(79-16)42(8)54(71)22-20-25-67-27-23-44-31-56(75-12)58(77-14)35-49(44)52(67)29-46-30-53-50-36-59(78-15)57(76-13)32-45(50)24-28-68(53)37-43(46)18-2/h31-32,35-36,39-43,46-48,51-53,61-63,70H,17-30,33-34,37-38H2,1-16H3/t41-,42-,43-,46-,47-,48-,51?,52+,53?,61-,62?,63+/m0/s1. The van der Waals surface area contributed by atoms with Gasteiger partial charge in [0.15, 0.2) is 28.8 Å². The van der Waals surface area contributed by atoms with Gasteiger partial charge in [0.1, 0.15) is 5.78 Å². The molecule has 1 N–H and O–H groups in total. The van der Waals surface area contributed by atoms with E-state index in [2.05, 4.69) is 54.8 Å². The molecule has 0 aliphatic carbocycles. The Bertz CT molecular complexity index is 2330. The Kier molecular flexibility index (Phi) is 23.5. The van der Waals surface area contributed by atoms with E-state index < -0.39 is 29.9 Å². The van der Waals surface area contributed by atoms with E-state index in [1.54, 1.807) is 47.5 Å². The molecule has 12 atom stereocenters. The van der Waals surface area contributed by atoms with Crippen LogP contribution < -0.4 is 18.9 Å². The number of ether oxygens (including phenoxy) is 5. The number of Topliss-reactive ketones (excluding diaryl/α,β-unsaturated/α-hetero) is 2. The number of rotatable bonds is 29. The number of carbonyl (C=O) groups is 4. The minimum Gasteiger partial charge on any atom is -0.493 e. The van der Waals surface area contributed by atoms with E-state index in [9.17, 15) is 24.3 Å². The summed E-state index contributed by atoms with van der Waals surface area (Å²) in [6.07, 6.45) is 8.02. The number of ketones is 2. The van der Waals surface area contributed by atoms with Crippen molar-refractivity contribution >= 4 is 23.4 Å². The van der Waals surface area contributed by atoms with Crippen LogP contribution in [0.1, 0.15) is 154 Å². The number of nitrogens with zero attached hydrogens (tertiary/aromatic N) is 5. The van der Waals surface area contributed by atoms with Gasteiger partial charge in [-0.25, -0.2) is 0 Å². The molecule has 2 amide bonds. The molecule has 2 fully saturated rings. The number of amides is 2. The minimum absolute atomic E-state index is 0.0237. The predicted molar refractivity (Wildman–Crippen MR) is 312 cm³/mol. The van der Waals surface area contributed by atoms with Gasteiger partial charge < -0.3 is 38.6 Å². The van der Waals surface area contributed by atoms with Crippen LogP contribution >= 0.6 is 0 Å². The fraction of sp³-hybridized carbons (Fsp3) is 0.750. The third kappa shape index (κ3) is 14.5. The maximum atomic E-state index is 14.6. The smallest absolute Gasteiger partial charge is 0.226 e. The molecule has 444 valence electrons. The maximum absolute atomic E-state index is 14.6. The van der Waals surface area contributed by atoms with Crippen molar-refractivity contribution in [1.29, 1.82) is 0 Å². The highest BCUT2D eigenvalue weighted by Crippen LogP contribution is 2.49. The van der Waals surface area contributed by atoms with Crippen molar-refractivity contribution in [1.82, 2.24) is 24.5 Å². The summed E-state index contributed by atoms with van der Waals surface area (Å²) in [5.74, 6) is 2.44. The molecule has 4 heterocycles. The lowest BCUT2D eigenvalue weighted by molar-refractivity contribution is -0.146. The summed E-state index contributed by atoms with van der Waals surface area (Å²) in [6.45, 7) is 20.4. The summed E-state index contributed by atoms with van der Waals surface area (Å²) < 4.78 is 29.5. The van der Waals surface area contributed by atoms with Gasteiger partial charge in [-0.15, -0.1) is 0 Å². The number of hydrogen-bond donors (Lipinski definition) is 1. The normalized spacial score (nSPS) is 23.2. The highest BCUT2D eigenvalue weighted by Gasteiger charge is 2.45. The van der Waals surface area contributed by atoms with Gasteiger partial charge in [0.05, 0.1) is 46.6 Å². The zero-order valence-electron chi connectivity index (χ0n) is 51.5. The van der Waals surface area contributed by atoms with E-state index in [0.717, 1.165) is 94.1 Å². The van der Waals surface area contributed by atoms with Gasteiger partial charge in [-0.2, -0.15) is 0 Å². The van der Waals surface area contributed by atoms with Gasteiger partial charge in [-0.05, 0) is 142 Å². The highest BCUT2D eigenvalue weighted by molar-refractivity contribution is 5.90. The highest BCUT2D eigenvalue weighted by atomic mass is 16.5. The number of fused-ring (bicyclic) bond motifs is 4. The molecule has 4 aliphatic heterocycles. The molecule has 6 rings (SSSR count). The predicted octanol–water partition coefficient (Wildman–Crippen LogP) is 9.34. The van der Waals surface area contributed by atoms with E-state index in [4.69, 9.17) is 23.7 Å². The van der Waals surface area contributed by atoms with Crippen LogP contribution in [0.25, 0.3) is 0 Å². The number of aliphatic hydroxyl groups is 1. The number of hydrogen-bond acceptors (Lipinski definition) is 13. The lowest BCUT2D eigenvalue weighted by Crippen LogP contribution is -2.52. The Morgan fingerprint density at radius 1 is 0.747 bits per heavy atom. The maximum Gasteiger partial charge on any atom is 0.226 e. The molecule has 0 radical (unpaired) electrons. The average Bonchev–Trinajstić information content (AvgIpc) is 3.98. The molecule has 2 aromatic rings. The van der Waals surface area contributed by atoms with E-state index in [1.807, 2.05) is 58.5 Å². The van der Waals surface area contributed by atoms with Crippen LogP contribution in [-0.4, -0.2) is 173 Å². The van der Waals surface area contributed by atoms with Gasteiger partial charge in [0, 0.05) is 102 Å². The van der Waals surface area contributed by atoms with Gasteiger partial charge in [0.25, 0.3) is 0 Å². The van der Waals surface area contributed by atoms with E-state index in [0.29, 0.717) is 43.7 Å². The first-order chi connectivity index (χ1) is 37.7. The second-order valence-electron chi connectivity index (χ2n) is 24.8. The fourth-order valence-electron chi connectivity index (χ4n) is 14.8. The first-order valence-electron chi connectivity index (χ1n) is 30.1. The molecule has 0 aromatic heterocycles. The average molecular weight is 1100 g/mol. The van der Waals surface area contributed by atoms with Crippen molar-refractivity contribution in [2.75, 3.05) is 96.0 Å². The first kappa shape index (κ1) is 63.9. The fourth-order valence-corrected chi connectivity index (χ4v) is 14.8. The van der Waals surface area contributed by atoms with Crippen molar-refractivity contribution < 1.29 is 48.0 Å². The summed E-state index contributed by atoms with van der Waals surface area (Å²) in [4.78, 5) is 68.2. The molecule has 15 heteroatoms. The number of benzene rings is 2. The Balaban J connectivity index is 1.15. The zero-order chi connectivity index (χ0) is 58.0. The number of methoxy groups -OCH3 is 5. The number of carbonyl (C=O) groups excluding carboxylic acids is 4. The Morgan fingerprint density at radius 2 is 1.35 bits per heavy atom. The van der Waals surface area contributed by atoms with Crippen molar-refractivity contribution in [3.63, 3.8) is 0 Å². The SMILES string of the molecule is CC[C@H]1CN2CCc3cc(OC)c(OC)cc3C2C[C@@H]1C[C@@H]1c2cc(OC)c(OC)cc2CCN1CCCC(=O)[C@H](C)[C@@H](OC)C1CCCN1C(=O)C[C@@H](CO)C([C@@H](C)CC)N(C)C(=O)[C@@H](CC(=O)[C@H](C(C)C)N(C)C)C(C)C. The minimum atomic E-state index is -0.536. The van der Waals surface area contributed by atoms with Gasteiger partial charge in [0.2, 0.25) is 11.8 Å². The molecule has 0 bridgehead atoms. The molecular weight excluding hydrogens is 999 g/mol. The summed E-state index contributed by atoms with van der Waals surface area (Å²) in [7, 11) is 14.1. The van der Waals surface area contributed by atoms with E-state index in [1.165, 1.54) is 22.3 Å². The monoisotopic (exact) mass is 1100 g/mol. The van der Waals surface area contributed by atoms with Gasteiger partial charge in [-0.1, -0.05) is 68.2 Å². The van der Waals surface area contributed by atoms with Crippen LogP contribution in [0.2, 0.25) is 0 Å². The quantitative estimate of drug-likeness (QED) is 0.0825. The number of piperidine rings is 1. The van der Waals surface area contributed by atoms with Crippen LogP contribution in [0, 0.1) is 47.3 Å². The lowest BCUT2D eigenvalue weighted by atomic mass is 9.72. The van der Waals surface area contributed by atoms with Crippen LogP contribution in [0.15, 0.2) is 24.3 Å². The number of likely N-dealkylation sites (tertiary alicyclic amines) is 1. The third-order valence-corrected chi connectivity index (χ3v) is 19.3. The summed E-state index contributed by atoms with van der Waals surface area (Å²) in [5.41, 5.74) is 5.27. The Hall–Kier alpha value is -4.28. The number of aliphatic hydroxyl groups excluding tert-OH is 1. The summed E-state index contributed by atoms with van der Waals surface area (Å²) in [6, 6.07) is 8.16. The molecule has 79 heavy (non-hydrogen) atoms. The van der Waals surface area contributed by atoms with Crippen LogP contribution in [0.3, 0.4) is 0 Å². The summed E-state index contributed by atoms with van der Waals surface area (Å²) >= 11 is 0. The van der Waals surface area contributed by atoms with Crippen LogP contribution in [0.4, 0.5) is 0 Å². The largest absolute Gasteiger partial charge is 0.493 e. The molecule has 0 saturated carbocycles. The topological polar surface area (TPSA) is 151 Å². The van der Waals surface area contributed by atoms with E-state index >= 15 is 0 Å². The number of likely N-dealkylation sites (N-methyl/N-ethyl adjacent to an activating group) is 1. The molecule has 2 aromatic carbocycles. The van der Waals surface area contributed by atoms with Crippen molar-refractivity contribution in [3.8, 4) is 23.0 Å². The van der Waals surface area contributed by atoms with Crippen molar-refractivity contribution in [2.45, 2.75) is 169 Å². The molecule has 0 spiro atoms. The van der Waals surface area contributed by atoms with Crippen LogP contribution in [0.5, 0.6) is 23.0 Å². The lowest BCUT2D eigenvalue weighted by Gasteiger charge is -2.49. The molecule has 3 unspecified atom stereocenters. The second-order valence-corrected chi connectivity index (χ2v) is 24.8. The molecule has 4 aliphatic rings.